The smallest absolute Gasteiger partial charge is 0.260 e. The summed E-state index contributed by atoms with van der Waals surface area (Å²) in [6.45, 7) is 0.732. The average molecular weight is 389 g/mol. The maximum absolute atomic E-state index is 12.1. The molecule has 1 aromatic carbocycles. The van der Waals surface area contributed by atoms with Crippen LogP contribution in [0.1, 0.15) is 0 Å². The minimum atomic E-state index is -0.237. The normalized spacial score (nSPS) is 15.8. The van der Waals surface area contributed by atoms with Crippen LogP contribution >= 0.6 is 23.1 Å². The van der Waals surface area contributed by atoms with Crippen LogP contribution < -0.4 is 20.3 Å². The summed E-state index contributed by atoms with van der Waals surface area (Å²) >= 11 is 2.59. The van der Waals surface area contributed by atoms with Crippen molar-refractivity contribution in [3.63, 3.8) is 0 Å². The number of ether oxygens (including phenoxy) is 2. The highest BCUT2D eigenvalue weighted by molar-refractivity contribution is 7.99. The van der Waals surface area contributed by atoms with E-state index in [1.54, 1.807) is 6.07 Å². The number of nitrogens with zero attached hydrogens (tertiary/aromatic N) is 1. The molecule has 9 heteroatoms. The molecule has 0 saturated carbocycles. The lowest BCUT2D eigenvalue weighted by atomic mass is 10.2. The highest BCUT2D eigenvalue weighted by atomic mass is 32.2. The third kappa shape index (κ3) is 3.68. The fraction of sp³-hybridized carbons (Fsp3) is 0.235. The van der Waals surface area contributed by atoms with Gasteiger partial charge in [0.15, 0.2) is 16.7 Å². The number of rotatable bonds is 5. The van der Waals surface area contributed by atoms with E-state index in [2.05, 4.69) is 15.3 Å². The Morgan fingerprint density at radius 2 is 2.19 bits per heavy atom. The summed E-state index contributed by atoms with van der Waals surface area (Å²) in [6.07, 6.45) is -0.237. The van der Waals surface area contributed by atoms with Crippen molar-refractivity contribution in [1.29, 1.82) is 0 Å². The highest BCUT2D eigenvalue weighted by Gasteiger charge is 2.21. The molecule has 3 aromatic rings. The molecular formula is C17H15N3O4S2. The number of carbonyl (C=O) groups is 1. The van der Waals surface area contributed by atoms with Gasteiger partial charge in [0.1, 0.15) is 17.5 Å². The van der Waals surface area contributed by atoms with Crippen molar-refractivity contribution >= 4 is 39.2 Å². The Balaban J connectivity index is 1.28. The molecule has 1 aliphatic rings. The van der Waals surface area contributed by atoms with Gasteiger partial charge in [-0.1, -0.05) is 23.9 Å². The fourth-order valence-corrected chi connectivity index (χ4v) is 4.00. The quantitative estimate of drug-likeness (QED) is 0.512. The first-order valence-corrected chi connectivity index (χ1v) is 9.81. The third-order valence-electron chi connectivity index (χ3n) is 3.75. The average Bonchev–Trinajstić information content (AvgIpc) is 3.14. The zero-order valence-electron chi connectivity index (χ0n) is 13.6. The Kier molecular flexibility index (Phi) is 4.81. The predicted molar refractivity (Wildman–Crippen MR) is 100 cm³/mol. The molecule has 0 saturated heterocycles. The van der Waals surface area contributed by atoms with Crippen LogP contribution in [0.4, 0.5) is 0 Å². The number of benzene rings is 1. The maximum atomic E-state index is 12.1. The molecule has 2 aromatic heterocycles. The summed E-state index contributed by atoms with van der Waals surface area (Å²) < 4.78 is 11.4. The molecule has 26 heavy (non-hydrogen) atoms. The molecule has 0 unspecified atom stereocenters. The number of thiophene rings is 1. The molecule has 134 valence electrons. The molecule has 1 atom stereocenters. The molecule has 0 fully saturated rings. The number of nitrogens with one attached hydrogen (secondary N) is 2. The van der Waals surface area contributed by atoms with Gasteiger partial charge in [0.25, 0.3) is 5.56 Å². The van der Waals surface area contributed by atoms with E-state index in [9.17, 15) is 9.59 Å². The predicted octanol–water partition coefficient (Wildman–Crippen LogP) is 2.03. The van der Waals surface area contributed by atoms with Gasteiger partial charge in [-0.15, -0.1) is 11.3 Å². The summed E-state index contributed by atoms with van der Waals surface area (Å²) in [6, 6.07) is 9.17. The van der Waals surface area contributed by atoms with Crippen LogP contribution in [-0.2, 0) is 4.79 Å². The molecule has 0 aliphatic carbocycles. The van der Waals surface area contributed by atoms with E-state index < -0.39 is 0 Å². The van der Waals surface area contributed by atoms with E-state index in [0.29, 0.717) is 40.0 Å². The summed E-state index contributed by atoms with van der Waals surface area (Å²) in [5.74, 6) is 1.39. The highest BCUT2D eigenvalue weighted by Crippen LogP contribution is 2.30. The van der Waals surface area contributed by atoms with Crippen molar-refractivity contribution in [2.45, 2.75) is 11.3 Å². The molecule has 3 heterocycles. The SMILES string of the molecule is O=C(CSc1nc2sccc2c(=O)[nH]1)NC[C@H]1COc2ccccc2O1. The van der Waals surface area contributed by atoms with Gasteiger partial charge in [-0.2, -0.15) is 0 Å². The summed E-state index contributed by atoms with van der Waals surface area (Å²) in [5.41, 5.74) is -0.189. The van der Waals surface area contributed by atoms with E-state index in [-0.39, 0.29) is 23.3 Å². The number of carbonyl (C=O) groups excluding carboxylic acids is 1. The van der Waals surface area contributed by atoms with Crippen molar-refractivity contribution in [3.8, 4) is 11.5 Å². The molecule has 0 bridgehead atoms. The van der Waals surface area contributed by atoms with Crippen molar-refractivity contribution in [2.75, 3.05) is 18.9 Å². The van der Waals surface area contributed by atoms with Crippen molar-refractivity contribution in [2.24, 2.45) is 0 Å². The number of fused-ring (bicyclic) bond motifs is 2. The molecule has 7 nitrogen and oxygen atoms in total. The standard InChI is InChI=1S/C17H15N3O4S2/c21-14(9-26-17-19-15(22)11-5-6-25-16(11)20-17)18-7-10-8-23-12-3-1-2-4-13(12)24-10/h1-6,10H,7-9H2,(H,18,21)(H,19,20,22)/t10-/m0/s1. The first-order valence-electron chi connectivity index (χ1n) is 7.94. The van der Waals surface area contributed by atoms with Gasteiger partial charge in [-0.25, -0.2) is 4.98 Å². The Bertz CT molecular complexity index is 1000. The van der Waals surface area contributed by atoms with E-state index in [1.807, 2.05) is 29.6 Å². The minimum Gasteiger partial charge on any atom is -0.486 e. The monoisotopic (exact) mass is 389 g/mol. The zero-order valence-corrected chi connectivity index (χ0v) is 15.2. The molecule has 4 rings (SSSR count). The van der Waals surface area contributed by atoms with Crippen LogP contribution in [0.2, 0.25) is 0 Å². The Labute approximate surface area is 156 Å². The number of hydrogen-bond donors (Lipinski definition) is 2. The summed E-state index contributed by atoms with van der Waals surface area (Å²) in [4.78, 5) is 31.7. The number of aromatic amines is 1. The Morgan fingerprint density at radius 3 is 3.08 bits per heavy atom. The molecular weight excluding hydrogens is 374 g/mol. The number of para-hydroxylation sites is 2. The minimum absolute atomic E-state index is 0.157. The maximum Gasteiger partial charge on any atom is 0.260 e. The van der Waals surface area contributed by atoms with Crippen LogP contribution in [0.15, 0.2) is 45.7 Å². The first kappa shape index (κ1) is 16.9. The largest absolute Gasteiger partial charge is 0.486 e. The van der Waals surface area contributed by atoms with Gasteiger partial charge in [0.2, 0.25) is 5.91 Å². The number of thioether (sulfide) groups is 1. The van der Waals surface area contributed by atoms with Crippen LogP contribution in [0, 0.1) is 0 Å². The molecule has 0 radical (unpaired) electrons. The van der Waals surface area contributed by atoms with Gasteiger partial charge in [0.05, 0.1) is 17.7 Å². The summed E-state index contributed by atoms with van der Waals surface area (Å²) in [5, 5.41) is 5.64. The Morgan fingerprint density at radius 1 is 1.35 bits per heavy atom. The van der Waals surface area contributed by atoms with E-state index >= 15 is 0 Å². The second-order valence-corrected chi connectivity index (χ2v) is 7.46. The third-order valence-corrected chi connectivity index (χ3v) is 5.43. The lowest BCUT2D eigenvalue weighted by Crippen LogP contribution is -2.41. The van der Waals surface area contributed by atoms with E-state index in [1.165, 1.54) is 23.1 Å². The number of amides is 1. The van der Waals surface area contributed by atoms with Crippen LogP contribution in [0.3, 0.4) is 0 Å². The Hall–Kier alpha value is -2.52. The number of hydrogen-bond acceptors (Lipinski definition) is 7. The van der Waals surface area contributed by atoms with Gasteiger partial charge < -0.3 is 19.8 Å². The van der Waals surface area contributed by atoms with Gasteiger partial charge in [-0.05, 0) is 23.6 Å². The molecule has 2 N–H and O–H groups in total. The van der Waals surface area contributed by atoms with Crippen molar-refractivity contribution in [1.82, 2.24) is 15.3 Å². The van der Waals surface area contributed by atoms with Crippen molar-refractivity contribution < 1.29 is 14.3 Å². The van der Waals surface area contributed by atoms with E-state index in [4.69, 9.17) is 9.47 Å². The van der Waals surface area contributed by atoms with Gasteiger partial charge in [0, 0.05) is 0 Å². The number of aromatic nitrogens is 2. The lowest BCUT2D eigenvalue weighted by Gasteiger charge is -2.26. The molecule has 1 aliphatic heterocycles. The topological polar surface area (TPSA) is 93.3 Å². The van der Waals surface area contributed by atoms with E-state index in [0.717, 1.165) is 0 Å². The van der Waals surface area contributed by atoms with Crippen molar-refractivity contribution in [3.05, 3.63) is 46.1 Å². The zero-order chi connectivity index (χ0) is 17.9. The van der Waals surface area contributed by atoms with Crippen LogP contribution in [0.5, 0.6) is 11.5 Å². The van der Waals surface area contributed by atoms with Crippen LogP contribution in [0.25, 0.3) is 10.2 Å². The second-order valence-electron chi connectivity index (χ2n) is 5.60. The number of H-pyrrole nitrogens is 1. The fourth-order valence-electron chi connectivity index (χ4n) is 2.49. The first-order chi connectivity index (χ1) is 12.7. The van der Waals surface area contributed by atoms with Gasteiger partial charge in [-0.3, -0.25) is 9.59 Å². The van der Waals surface area contributed by atoms with Crippen LogP contribution in [-0.4, -0.2) is 40.9 Å². The summed E-state index contributed by atoms with van der Waals surface area (Å²) in [7, 11) is 0. The lowest BCUT2D eigenvalue weighted by molar-refractivity contribution is -0.119. The molecule has 1 amide bonds. The second kappa shape index (κ2) is 7.38. The molecule has 0 spiro atoms. The van der Waals surface area contributed by atoms with Gasteiger partial charge >= 0.3 is 0 Å².